The SMILES string of the molecule is Cc1ccc2c(c1)sc1cc(C)cnc12. The molecule has 0 atom stereocenters. The normalized spacial score (nSPS) is 11.3. The van der Waals surface area contributed by atoms with Crippen molar-refractivity contribution >= 4 is 31.6 Å². The second-order valence-electron chi connectivity index (χ2n) is 3.96. The average Bonchev–Trinajstić information content (AvgIpc) is 2.53. The summed E-state index contributed by atoms with van der Waals surface area (Å²) >= 11 is 1.83. The van der Waals surface area contributed by atoms with Crippen molar-refractivity contribution in [2.24, 2.45) is 0 Å². The first-order valence-electron chi connectivity index (χ1n) is 4.99. The lowest BCUT2D eigenvalue weighted by Gasteiger charge is -1.93. The molecule has 0 amide bonds. The predicted molar refractivity (Wildman–Crippen MR) is 66.6 cm³/mol. The summed E-state index contributed by atoms with van der Waals surface area (Å²) in [4.78, 5) is 4.51. The first-order valence-corrected chi connectivity index (χ1v) is 5.81. The molecule has 2 heteroatoms. The number of hydrogen-bond donors (Lipinski definition) is 0. The molecule has 2 heterocycles. The van der Waals surface area contributed by atoms with Crippen molar-refractivity contribution in [3.05, 3.63) is 41.6 Å². The Labute approximate surface area is 92.4 Å². The number of hydrogen-bond acceptors (Lipinski definition) is 2. The van der Waals surface area contributed by atoms with Crippen LogP contribution in [0, 0.1) is 13.8 Å². The van der Waals surface area contributed by atoms with E-state index < -0.39 is 0 Å². The van der Waals surface area contributed by atoms with Crippen molar-refractivity contribution in [1.29, 1.82) is 0 Å². The van der Waals surface area contributed by atoms with Gasteiger partial charge in [-0.2, -0.15) is 0 Å². The Kier molecular flexibility index (Phi) is 1.80. The van der Waals surface area contributed by atoms with Crippen LogP contribution >= 0.6 is 11.3 Å². The van der Waals surface area contributed by atoms with Crippen molar-refractivity contribution in [1.82, 2.24) is 4.98 Å². The van der Waals surface area contributed by atoms with Crippen LogP contribution < -0.4 is 0 Å². The number of rotatable bonds is 0. The van der Waals surface area contributed by atoms with E-state index in [-0.39, 0.29) is 0 Å². The molecule has 0 saturated heterocycles. The van der Waals surface area contributed by atoms with Crippen LogP contribution in [0.2, 0.25) is 0 Å². The molecule has 0 aliphatic carbocycles. The van der Waals surface area contributed by atoms with Crippen LogP contribution in [-0.4, -0.2) is 4.98 Å². The number of benzene rings is 1. The van der Waals surface area contributed by atoms with Gasteiger partial charge in [-0.15, -0.1) is 11.3 Å². The van der Waals surface area contributed by atoms with Gasteiger partial charge in [0.2, 0.25) is 0 Å². The quantitative estimate of drug-likeness (QED) is 0.548. The molecular weight excluding hydrogens is 202 g/mol. The zero-order chi connectivity index (χ0) is 10.4. The van der Waals surface area contributed by atoms with E-state index in [1.807, 2.05) is 17.5 Å². The van der Waals surface area contributed by atoms with Gasteiger partial charge in [-0.05, 0) is 37.1 Å². The molecule has 0 saturated carbocycles. The van der Waals surface area contributed by atoms with Crippen molar-refractivity contribution < 1.29 is 0 Å². The van der Waals surface area contributed by atoms with E-state index in [1.54, 1.807) is 0 Å². The van der Waals surface area contributed by atoms with Gasteiger partial charge in [-0.25, -0.2) is 0 Å². The largest absolute Gasteiger partial charge is 0.254 e. The lowest BCUT2D eigenvalue weighted by Crippen LogP contribution is -1.76. The van der Waals surface area contributed by atoms with Crippen LogP contribution in [0.4, 0.5) is 0 Å². The molecule has 1 aromatic carbocycles. The third-order valence-electron chi connectivity index (χ3n) is 2.60. The van der Waals surface area contributed by atoms with Crippen molar-refractivity contribution in [2.75, 3.05) is 0 Å². The molecule has 0 spiro atoms. The lowest BCUT2D eigenvalue weighted by atomic mass is 10.2. The number of fused-ring (bicyclic) bond motifs is 3. The van der Waals surface area contributed by atoms with E-state index in [9.17, 15) is 0 Å². The van der Waals surface area contributed by atoms with E-state index in [0.717, 1.165) is 5.52 Å². The summed E-state index contributed by atoms with van der Waals surface area (Å²) in [5, 5.41) is 1.28. The molecule has 74 valence electrons. The van der Waals surface area contributed by atoms with Crippen molar-refractivity contribution in [2.45, 2.75) is 13.8 Å². The average molecular weight is 213 g/mol. The zero-order valence-corrected chi connectivity index (χ0v) is 9.56. The third-order valence-corrected chi connectivity index (χ3v) is 3.69. The second-order valence-corrected chi connectivity index (χ2v) is 5.04. The summed E-state index contributed by atoms with van der Waals surface area (Å²) in [6, 6.07) is 8.77. The molecule has 0 N–H and O–H groups in total. The topological polar surface area (TPSA) is 12.9 Å². The highest BCUT2D eigenvalue weighted by molar-refractivity contribution is 7.25. The summed E-state index contributed by atoms with van der Waals surface area (Å²) in [5.41, 5.74) is 3.68. The van der Waals surface area contributed by atoms with Crippen molar-refractivity contribution in [3.8, 4) is 0 Å². The Bertz CT molecular complexity index is 596. The summed E-state index contributed by atoms with van der Waals surface area (Å²) in [6.45, 7) is 4.21. The minimum Gasteiger partial charge on any atom is -0.254 e. The van der Waals surface area contributed by atoms with E-state index in [0.29, 0.717) is 0 Å². The van der Waals surface area contributed by atoms with Gasteiger partial charge in [0, 0.05) is 16.3 Å². The fraction of sp³-hybridized carbons (Fsp3) is 0.154. The fourth-order valence-corrected chi connectivity index (χ4v) is 3.11. The third kappa shape index (κ3) is 1.33. The van der Waals surface area contributed by atoms with Crippen LogP contribution in [0.5, 0.6) is 0 Å². The van der Waals surface area contributed by atoms with Crippen LogP contribution in [0.3, 0.4) is 0 Å². The molecule has 0 bridgehead atoms. The monoisotopic (exact) mass is 213 g/mol. The van der Waals surface area contributed by atoms with E-state index in [2.05, 4.69) is 43.1 Å². The van der Waals surface area contributed by atoms with Gasteiger partial charge in [-0.1, -0.05) is 12.1 Å². The Morgan fingerprint density at radius 3 is 2.67 bits per heavy atom. The Morgan fingerprint density at radius 1 is 1.00 bits per heavy atom. The molecular formula is C13H11NS. The zero-order valence-electron chi connectivity index (χ0n) is 8.74. The van der Waals surface area contributed by atoms with Crippen LogP contribution in [-0.2, 0) is 0 Å². The first kappa shape index (κ1) is 8.86. The maximum absolute atomic E-state index is 4.51. The van der Waals surface area contributed by atoms with Crippen LogP contribution in [0.1, 0.15) is 11.1 Å². The van der Waals surface area contributed by atoms with Gasteiger partial charge in [-0.3, -0.25) is 4.98 Å². The smallest absolute Gasteiger partial charge is 0.0888 e. The molecule has 15 heavy (non-hydrogen) atoms. The number of thiophene rings is 1. The minimum atomic E-state index is 1.14. The van der Waals surface area contributed by atoms with Crippen molar-refractivity contribution in [3.63, 3.8) is 0 Å². The number of pyridine rings is 1. The molecule has 2 aromatic heterocycles. The minimum absolute atomic E-state index is 1.14. The van der Waals surface area contributed by atoms with Gasteiger partial charge in [0.15, 0.2) is 0 Å². The Balaban J connectivity index is 2.51. The Morgan fingerprint density at radius 2 is 1.80 bits per heavy atom. The highest BCUT2D eigenvalue weighted by atomic mass is 32.1. The summed E-state index contributed by atoms with van der Waals surface area (Å²) in [5.74, 6) is 0. The van der Waals surface area contributed by atoms with Crippen LogP contribution in [0.25, 0.3) is 20.3 Å². The molecule has 3 rings (SSSR count). The van der Waals surface area contributed by atoms with Gasteiger partial charge in [0.05, 0.1) is 10.2 Å². The molecule has 0 aliphatic heterocycles. The van der Waals surface area contributed by atoms with Gasteiger partial charge in [0.1, 0.15) is 0 Å². The number of aryl methyl sites for hydroxylation is 2. The number of nitrogens with zero attached hydrogens (tertiary/aromatic N) is 1. The van der Waals surface area contributed by atoms with E-state index in [1.165, 1.54) is 25.9 Å². The lowest BCUT2D eigenvalue weighted by molar-refractivity contribution is 1.35. The van der Waals surface area contributed by atoms with Crippen LogP contribution in [0.15, 0.2) is 30.5 Å². The maximum Gasteiger partial charge on any atom is 0.0888 e. The molecule has 1 nitrogen and oxygen atoms in total. The highest BCUT2D eigenvalue weighted by Gasteiger charge is 2.05. The molecule has 0 unspecified atom stereocenters. The predicted octanol–water partition coefficient (Wildman–Crippen LogP) is 4.07. The molecule has 0 aliphatic rings. The molecule has 3 aromatic rings. The van der Waals surface area contributed by atoms with Gasteiger partial charge >= 0.3 is 0 Å². The maximum atomic E-state index is 4.51. The summed E-state index contributed by atoms with van der Waals surface area (Å²) < 4.78 is 2.62. The van der Waals surface area contributed by atoms with E-state index >= 15 is 0 Å². The first-order chi connectivity index (χ1) is 7.24. The summed E-state index contributed by atoms with van der Waals surface area (Å²) in [6.07, 6.45) is 1.94. The van der Waals surface area contributed by atoms with Gasteiger partial charge in [0.25, 0.3) is 0 Å². The molecule has 0 fully saturated rings. The summed E-state index contributed by atoms with van der Waals surface area (Å²) in [7, 11) is 0. The van der Waals surface area contributed by atoms with E-state index in [4.69, 9.17) is 0 Å². The highest BCUT2D eigenvalue weighted by Crippen LogP contribution is 2.33. The molecule has 0 radical (unpaired) electrons. The number of aromatic nitrogens is 1. The standard InChI is InChI=1S/C13H11NS/c1-8-3-4-10-11(5-8)15-12-6-9(2)7-14-13(10)12/h3-7H,1-2H3. The van der Waals surface area contributed by atoms with Gasteiger partial charge < -0.3 is 0 Å². The second kappa shape index (κ2) is 3.04. The Hall–Kier alpha value is -1.41. The fourth-order valence-electron chi connectivity index (χ4n) is 1.85.